The zero-order valence-electron chi connectivity index (χ0n) is 10.1. The van der Waals surface area contributed by atoms with Gasteiger partial charge >= 0.3 is 0 Å². The maximum Gasteiger partial charge on any atom is 0.122 e. The number of para-hydroxylation sites is 1. The van der Waals surface area contributed by atoms with Crippen molar-refractivity contribution in [1.82, 2.24) is 4.90 Å². The van der Waals surface area contributed by atoms with Crippen molar-refractivity contribution in [1.29, 1.82) is 0 Å². The Kier molecular flexibility index (Phi) is 5.90. The van der Waals surface area contributed by atoms with Gasteiger partial charge in [-0.25, -0.2) is 0 Å². The molecule has 0 saturated heterocycles. The standard InChI is InChI=1S/C13H21NO2/c1-14(2)9-5-7-12-6-3-4-8-13(12)16-11-10-15/h3-4,6,8,15H,5,7,9-11H2,1-2H3. The molecule has 1 aromatic carbocycles. The van der Waals surface area contributed by atoms with Crippen LogP contribution in [0.25, 0.3) is 0 Å². The molecule has 1 rings (SSSR count). The molecule has 0 saturated carbocycles. The molecule has 0 atom stereocenters. The van der Waals surface area contributed by atoms with Gasteiger partial charge in [-0.15, -0.1) is 0 Å². The molecule has 0 aliphatic rings. The van der Waals surface area contributed by atoms with Crippen LogP contribution in [0.2, 0.25) is 0 Å². The van der Waals surface area contributed by atoms with Crippen LogP contribution in [-0.4, -0.2) is 43.9 Å². The van der Waals surface area contributed by atoms with E-state index in [0.29, 0.717) is 6.61 Å². The molecule has 90 valence electrons. The lowest BCUT2D eigenvalue weighted by Gasteiger charge is -2.12. The first-order valence-corrected chi connectivity index (χ1v) is 5.70. The highest BCUT2D eigenvalue weighted by Crippen LogP contribution is 2.19. The summed E-state index contributed by atoms with van der Waals surface area (Å²) in [7, 11) is 4.16. The summed E-state index contributed by atoms with van der Waals surface area (Å²) < 4.78 is 5.48. The van der Waals surface area contributed by atoms with Gasteiger partial charge in [0.15, 0.2) is 0 Å². The zero-order valence-corrected chi connectivity index (χ0v) is 10.1. The van der Waals surface area contributed by atoms with Gasteiger partial charge in [0.1, 0.15) is 12.4 Å². The number of hydrogen-bond donors (Lipinski definition) is 1. The highest BCUT2D eigenvalue weighted by atomic mass is 16.5. The second-order valence-corrected chi connectivity index (χ2v) is 4.09. The number of aliphatic hydroxyl groups is 1. The quantitative estimate of drug-likeness (QED) is 0.761. The lowest BCUT2D eigenvalue weighted by Crippen LogP contribution is -2.13. The van der Waals surface area contributed by atoms with E-state index in [2.05, 4.69) is 25.1 Å². The molecule has 0 aliphatic heterocycles. The minimum atomic E-state index is 0.0615. The van der Waals surface area contributed by atoms with Gasteiger partial charge in [0.2, 0.25) is 0 Å². The van der Waals surface area contributed by atoms with Crippen molar-refractivity contribution in [2.75, 3.05) is 33.9 Å². The molecular formula is C13H21NO2. The van der Waals surface area contributed by atoms with Gasteiger partial charge in [-0.2, -0.15) is 0 Å². The number of nitrogens with zero attached hydrogens (tertiary/aromatic N) is 1. The molecule has 0 spiro atoms. The largest absolute Gasteiger partial charge is 0.491 e. The summed E-state index contributed by atoms with van der Waals surface area (Å²) in [5.41, 5.74) is 1.22. The molecule has 1 aromatic rings. The van der Waals surface area contributed by atoms with Gasteiger partial charge in [-0.3, -0.25) is 0 Å². The number of rotatable bonds is 7. The Balaban J connectivity index is 2.49. The second kappa shape index (κ2) is 7.25. The van der Waals surface area contributed by atoms with Crippen molar-refractivity contribution in [3.8, 4) is 5.75 Å². The van der Waals surface area contributed by atoms with E-state index in [4.69, 9.17) is 9.84 Å². The normalized spacial score (nSPS) is 10.8. The average Bonchev–Trinajstić information content (AvgIpc) is 2.27. The number of hydrogen-bond acceptors (Lipinski definition) is 3. The van der Waals surface area contributed by atoms with E-state index in [1.165, 1.54) is 5.56 Å². The third-order valence-electron chi connectivity index (χ3n) is 2.37. The van der Waals surface area contributed by atoms with E-state index < -0.39 is 0 Å². The molecule has 1 N–H and O–H groups in total. The molecule has 16 heavy (non-hydrogen) atoms. The Morgan fingerprint density at radius 1 is 1.25 bits per heavy atom. The van der Waals surface area contributed by atoms with E-state index in [0.717, 1.165) is 25.1 Å². The summed E-state index contributed by atoms with van der Waals surface area (Å²) in [4.78, 5) is 2.18. The van der Waals surface area contributed by atoms with Gasteiger partial charge in [0, 0.05) is 0 Å². The fraction of sp³-hybridized carbons (Fsp3) is 0.538. The fourth-order valence-corrected chi connectivity index (χ4v) is 1.59. The molecule has 0 aliphatic carbocycles. The van der Waals surface area contributed by atoms with E-state index in [1.807, 2.05) is 18.2 Å². The molecule has 3 heteroatoms. The SMILES string of the molecule is CN(C)CCCc1ccccc1OCCO. The number of ether oxygens (including phenoxy) is 1. The Morgan fingerprint density at radius 3 is 2.69 bits per heavy atom. The summed E-state index contributed by atoms with van der Waals surface area (Å²) in [6, 6.07) is 8.03. The van der Waals surface area contributed by atoms with Gasteiger partial charge in [-0.1, -0.05) is 18.2 Å². The molecule has 0 radical (unpaired) electrons. The van der Waals surface area contributed by atoms with E-state index in [9.17, 15) is 0 Å². The molecular weight excluding hydrogens is 202 g/mol. The maximum absolute atomic E-state index is 8.74. The van der Waals surface area contributed by atoms with Crippen LogP contribution in [-0.2, 0) is 6.42 Å². The van der Waals surface area contributed by atoms with Crippen molar-refractivity contribution in [3.63, 3.8) is 0 Å². The zero-order chi connectivity index (χ0) is 11.8. The first-order valence-electron chi connectivity index (χ1n) is 5.70. The Hall–Kier alpha value is -1.06. The molecule has 0 fully saturated rings. The smallest absolute Gasteiger partial charge is 0.122 e. The van der Waals surface area contributed by atoms with Gasteiger partial charge in [0.05, 0.1) is 6.61 Å². The Morgan fingerprint density at radius 2 is 2.00 bits per heavy atom. The fourth-order valence-electron chi connectivity index (χ4n) is 1.59. The Labute approximate surface area is 97.7 Å². The number of aryl methyl sites for hydroxylation is 1. The number of benzene rings is 1. The molecule has 0 bridgehead atoms. The summed E-state index contributed by atoms with van der Waals surface area (Å²) in [6.45, 7) is 1.51. The average molecular weight is 223 g/mol. The predicted molar refractivity (Wildman–Crippen MR) is 65.9 cm³/mol. The van der Waals surface area contributed by atoms with Crippen LogP contribution in [0.15, 0.2) is 24.3 Å². The highest BCUT2D eigenvalue weighted by molar-refractivity contribution is 5.33. The first-order chi connectivity index (χ1) is 7.74. The lowest BCUT2D eigenvalue weighted by atomic mass is 10.1. The van der Waals surface area contributed by atoms with Crippen LogP contribution >= 0.6 is 0 Å². The van der Waals surface area contributed by atoms with Crippen LogP contribution in [0, 0.1) is 0 Å². The van der Waals surface area contributed by atoms with Crippen LogP contribution in [0.5, 0.6) is 5.75 Å². The monoisotopic (exact) mass is 223 g/mol. The van der Waals surface area contributed by atoms with Gasteiger partial charge in [0.25, 0.3) is 0 Å². The number of aliphatic hydroxyl groups excluding tert-OH is 1. The first kappa shape index (κ1) is 13.0. The minimum absolute atomic E-state index is 0.0615. The molecule has 0 heterocycles. The van der Waals surface area contributed by atoms with Crippen molar-refractivity contribution >= 4 is 0 Å². The van der Waals surface area contributed by atoms with E-state index in [1.54, 1.807) is 0 Å². The third-order valence-corrected chi connectivity index (χ3v) is 2.37. The topological polar surface area (TPSA) is 32.7 Å². The highest BCUT2D eigenvalue weighted by Gasteiger charge is 2.02. The van der Waals surface area contributed by atoms with Crippen LogP contribution in [0.1, 0.15) is 12.0 Å². The summed E-state index contributed by atoms with van der Waals surface area (Å²) in [5.74, 6) is 0.898. The third kappa shape index (κ3) is 4.64. The molecule has 3 nitrogen and oxygen atoms in total. The summed E-state index contributed by atoms with van der Waals surface area (Å²) >= 11 is 0. The van der Waals surface area contributed by atoms with Crippen molar-refractivity contribution < 1.29 is 9.84 Å². The summed E-state index contributed by atoms with van der Waals surface area (Å²) in [6.07, 6.45) is 2.13. The predicted octanol–water partition coefficient (Wildman–Crippen LogP) is 1.55. The molecule has 0 amide bonds. The van der Waals surface area contributed by atoms with Crippen molar-refractivity contribution in [2.45, 2.75) is 12.8 Å². The Bertz CT molecular complexity index is 300. The molecule has 0 aromatic heterocycles. The molecule has 0 unspecified atom stereocenters. The minimum Gasteiger partial charge on any atom is -0.491 e. The summed E-state index contributed by atoms with van der Waals surface area (Å²) in [5, 5.41) is 8.74. The van der Waals surface area contributed by atoms with Crippen molar-refractivity contribution in [2.24, 2.45) is 0 Å². The van der Waals surface area contributed by atoms with Crippen LogP contribution in [0.3, 0.4) is 0 Å². The van der Waals surface area contributed by atoms with Gasteiger partial charge < -0.3 is 14.7 Å². The van der Waals surface area contributed by atoms with Crippen LogP contribution < -0.4 is 4.74 Å². The maximum atomic E-state index is 8.74. The van der Waals surface area contributed by atoms with Crippen molar-refractivity contribution in [3.05, 3.63) is 29.8 Å². The lowest BCUT2D eigenvalue weighted by molar-refractivity contribution is 0.200. The van der Waals surface area contributed by atoms with Crippen LogP contribution in [0.4, 0.5) is 0 Å². The van der Waals surface area contributed by atoms with E-state index >= 15 is 0 Å². The van der Waals surface area contributed by atoms with Gasteiger partial charge in [-0.05, 0) is 45.1 Å². The second-order valence-electron chi connectivity index (χ2n) is 4.09. The van der Waals surface area contributed by atoms with E-state index in [-0.39, 0.29) is 6.61 Å².